The molecule has 3 nitrogen and oxygen atoms in total. The van der Waals surface area contributed by atoms with Crippen LogP contribution >= 0.6 is 0 Å². The van der Waals surface area contributed by atoms with Crippen LogP contribution in [-0.2, 0) is 0 Å². The number of nitrogens with one attached hydrogen (secondary N) is 1. The highest BCUT2D eigenvalue weighted by Gasteiger charge is 2.23. The molecule has 3 aliphatic rings. The van der Waals surface area contributed by atoms with Gasteiger partial charge < -0.3 is 15.2 Å². The Morgan fingerprint density at radius 3 is 2.60 bits per heavy atom. The fourth-order valence-corrected chi connectivity index (χ4v) is 6.39. The summed E-state index contributed by atoms with van der Waals surface area (Å²) < 4.78 is 0. The topological polar surface area (TPSA) is 30.3 Å². The average molecular weight is 538 g/mol. The van der Waals surface area contributed by atoms with E-state index in [2.05, 4.69) is 105 Å². The molecule has 214 valence electrons. The summed E-state index contributed by atoms with van der Waals surface area (Å²) in [4.78, 5) is 4.93. The number of allylic oxidation sites excluding steroid dienone is 10. The van der Waals surface area contributed by atoms with Crippen LogP contribution in [-0.4, -0.2) is 42.7 Å². The Morgan fingerprint density at radius 2 is 1.85 bits per heavy atom. The number of nitrogens with zero attached hydrogens (tertiary/aromatic N) is 2. The van der Waals surface area contributed by atoms with Gasteiger partial charge in [0.1, 0.15) is 0 Å². The van der Waals surface area contributed by atoms with E-state index in [1.54, 1.807) is 0 Å². The van der Waals surface area contributed by atoms with Gasteiger partial charge in [-0.2, -0.15) is 0 Å². The molecule has 0 aromatic heterocycles. The summed E-state index contributed by atoms with van der Waals surface area (Å²) in [5.41, 5.74) is 9.86. The maximum atomic E-state index is 7.69. The second-order valence-corrected chi connectivity index (χ2v) is 11.9. The normalized spacial score (nSPS) is 21.1. The van der Waals surface area contributed by atoms with Gasteiger partial charge in [0.2, 0.25) is 0 Å². The Bertz CT molecular complexity index is 1170. The Morgan fingerprint density at radius 1 is 1.05 bits per heavy atom. The van der Waals surface area contributed by atoms with Gasteiger partial charge in [-0.05, 0) is 85.8 Å². The van der Waals surface area contributed by atoms with Crippen molar-refractivity contribution in [3.8, 4) is 0 Å². The predicted octanol–water partition coefficient (Wildman–Crippen LogP) is 9.44. The lowest BCUT2D eigenvalue weighted by Crippen LogP contribution is -2.27. The highest BCUT2D eigenvalue weighted by molar-refractivity contribution is 5.75. The van der Waals surface area contributed by atoms with Gasteiger partial charge in [-0.3, -0.25) is 0 Å². The molecule has 40 heavy (non-hydrogen) atoms. The molecule has 3 heteroatoms. The molecule has 0 amide bonds. The zero-order chi connectivity index (χ0) is 28.3. The van der Waals surface area contributed by atoms with E-state index in [1.165, 1.54) is 77.4 Å². The van der Waals surface area contributed by atoms with Crippen molar-refractivity contribution in [1.82, 2.24) is 9.80 Å². The fraction of sp³-hybridized carbons (Fsp3) is 0.486. The maximum absolute atomic E-state index is 7.69. The molecular formula is C37H51N3. The molecule has 2 atom stereocenters. The third-order valence-electron chi connectivity index (χ3n) is 9.01. The molecule has 0 saturated carbocycles. The van der Waals surface area contributed by atoms with Crippen molar-refractivity contribution >= 4 is 11.8 Å². The van der Waals surface area contributed by atoms with Crippen molar-refractivity contribution in [2.24, 2.45) is 5.92 Å². The van der Waals surface area contributed by atoms with Crippen LogP contribution in [0.2, 0.25) is 0 Å². The van der Waals surface area contributed by atoms with E-state index < -0.39 is 0 Å². The molecule has 1 saturated heterocycles. The molecule has 0 bridgehead atoms. The van der Waals surface area contributed by atoms with E-state index in [0.29, 0.717) is 12.3 Å². The van der Waals surface area contributed by atoms with Crippen LogP contribution in [0.5, 0.6) is 0 Å². The van der Waals surface area contributed by atoms with Crippen molar-refractivity contribution < 1.29 is 0 Å². The van der Waals surface area contributed by atoms with E-state index in [1.807, 2.05) is 0 Å². The molecule has 0 radical (unpaired) electrons. The average Bonchev–Trinajstić information content (AvgIpc) is 3.36. The van der Waals surface area contributed by atoms with Gasteiger partial charge in [-0.15, -0.1) is 0 Å². The van der Waals surface area contributed by atoms with Gasteiger partial charge in [-0.25, -0.2) is 0 Å². The smallest absolute Gasteiger partial charge is 0.0383 e. The summed E-state index contributed by atoms with van der Waals surface area (Å²) >= 11 is 0. The number of hydrogen-bond donors (Lipinski definition) is 1. The molecule has 4 rings (SSSR count). The SMILES string of the molecule is CCC1=CC=C(CCC2CCCN(/C(=C/CC=N)C(C)c3ccc(C4=CN(C)CC(CC)=C4)cc3)CC2)C=CC1. The second-order valence-electron chi connectivity index (χ2n) is 11.9. The minimum Gasteiger partial charge on any atom is -0.376 e. The first-order valence-corrected chi connectivity index (χ1v) is 15.7. The Kier molecular flexibility index (Phi) is 11.3. The van der Waals surface area contributed by atoms with Crippen LogP contribution in [0.1, 0.15) is 95.6 Å². The highest BCUT2D eigenvalue weighted by Crippen LogP contribution is 2.33. The number of benzene rings is 1. The number of likely N-dealkylation sites (N-methyl/N-ethyl adjacent to an activating group) is 1. The summed E-state index contributed by atoms with van der Waals surface area (Å²) in [6.07, 6.45) is 28.2. The molecule has 0 spiro atoms. The molecule has 1 aromatic carbocycles. The number of hydrogen-bond acceptors (Lipinski definition) is 3. The van der Waals surface area contributed by atoms with E-state index in [-0.39, 0.29) is 0 Å². The minimum absolute atomic E-state index is 0.316. The minimum atomic E-state index is 0.316. The zero-order valence-corrected chi connectivity index (χ0v) is 25.5. The van der Waals surface area contributed by atoms with Crippen LogP contribution in [0.15, 0.2) is 89.3 Å². The van der Waals surface area contributed by atoms with Crippen molar-refractivity contribution in [3.05, 3.63) is 100 Å². The predicted molar refractivity (Wildman–Crippen MR) is 174 cm³/mol. The Balaban J connectivity index is 1.40. The first-order valence-electron chi connectivity index (χ1n) is 15.7. The van der Waals surface area contributed by atoms with Crippen molar-refractivity contribution in [3.63, 3.8) is 0 Å². The van der Waals surface area contributed by atoms with Gasteiger partial charge in [0, 0.05) is 50.9 Å². The molecule has 2 unspecified atom stereocenters. The van der Waals surface area contributed by atoms with Crippen LogP contribution in [0.4, 0.5) is 0 Å². The lowest BCUT2D eigenvalue weighted by Gasteiger charge is -2.31. The molecule has 1 fully saturated rings. The third kappa shape index (κ3) is 8.22. The van der Waals surface area contributed by atoms with Crippen LogP contribution < -0.4 is 0 Å². The first-order chi connectivity index (χ1) is 19.5. The van der Waals surface area contributed by atoms with E-state index in [0.717, 1.165) is 44.8 Å². The summed E-state index contributed by atoms with van der Waals surface area (Å²) in [6.45, 7) is 10.1. The van der Waals surface area contributed by atoms with Crippen LogP contribution in [0.3, 0.4) is 0 Å². The lowest BCUT2D eigenvalue weighted by molar-refractivity contribution is 0.328. The number of rotatable bonds is 11. The third-order valence-corrected chi connectivity index (χ3v) is 9.01. The first kappa shape index (κ1) is 29.9. The van der Waals surface area contributed by atoms with Gasteiger partial charge in [0.15, 0.2) is 0 Å². The van der Waals surface area contributed by atoms with Crippen molar-refractivity contribution in [2.75, 3.05) is 26.7 Å². The Labute approximate surface area is 244 Å². The molecule has 1 N–H and O–H groups in total. The molecule has 1 aliphatic carbocycles. The maximum Gasteiger partial charge on any atom is 0.0383 e. The van der Waals surface area contributed by atoms with Crippen LogP contribution in [0, 0.1) is 11.3 Å². The summed E-state index contributed by atoms with van der Waals surface area (Å²) in [6, 6.07) is 9.23. The van der Waals surface area contributed by atoms with Crippen LogP contribution in [0.25, 0.3) is 5.57 Å². The molecule has 2 heterocycles. The van der Waals surface area contributed by atoms with Gasteiger partial charge in [-0.1, -0.05) is 92.6 Å². The monoisotopic (exact) mass is 537 g/mol. The van der Waals surface area contributed by atoms with Gasteiger partial charge in [0.25, 0.3) is 0 Å². The summed E-state index contributed by atoms with van der Waals surface area (Å²) in [7, 11) is 2.16. The molecule has 2 aliphatic heterocycles. The van der Waals surface area contributed by atoms with Crippen molar-refractivity contribution in [2.45, 2.75) is 84.5 Å². The molecule has 1 aromatic rings. The largest absolute Gasteiger partial charge is 0.376 e. The Hall–Kier alpha value is -3.07. The van der Waals surface area contributed by atoms with E-state index >= 15 is 0 Å². The standard InChI is InChI=1S/C37H51N3/c1-5-30-10-7-11-32(15-14-30)16-17-33-12-9-24-40(25-22-33)37(13-8-23-38)29(3)34-18-20-35(21-19-34)36-26-31(6-2)27-39(4)28-36/h7,11,13-15,18-21,23,26,28-29,33,38H,5-6,8-10,12,16-17,22,24-25,27H2,1-4H3/b37-13+,38-23?. The van der Waals surface area contributed by atoms with E-state index in [4.69, 9.17) is 5.41 Å². The summed E-state index contributed by atoms with van der Waals surface area (Å²) in [5.74, 6) is 1.11. The zero-order valence-electron chi connectivity index (χ0n) is 25.5. The van der Waals surface area contributed by atoms with E-state index in [9.17, 15) is 0 Å². The van der Waals surface area contributed by atoms with Gasteiger partial charge >= 0.3 is 0 Å². The highest BCUT2D eigenvalue weighted by atomic mass is 15.1. The van der Waals surface area contributed by atoms with Gasteiger partial charge in [0.05, 0.1) is 0 Å². The fourth-order valence-electron chi connectivity index (χ4n) is 6.39. The number of likely N-dealkylation sites (tertiary alicyclic amines) is 1. The second kappa shape index (κ2) is 15.1. The quantitative estimate of drug-likeness (QED) is 0.285. The van der Waals surface area contributed by atoms with Crippen molar-refractivity contribution in [1.29, 1.82) is 5.41 Å². The lowest BCUT2D eigenvalue weighted by atomic mass is 9.92. The molecular weight excluding hydrogens is 486 g/mol. The summed E-state index contributed by atoms with van der Waals surface area (Å²) in [5, 5.41) is 7.69.